The highest BCUT2D eigenvalue weighted by Crippen LogP contribution is 2.34. The monoisotopic (exact) mass is 269 g/mol. The van der Waals surface area contributed by atoms with Crippen molar-refractivity contribution in [1.82, 2.24) is 0 Å². The summed E-state index contributed by atoms with van der Waals surface area (Å²) >= 11 is 0. The lowest BCUT2D eigenvalue weighted by molar-refractivity contribution is 0.174. The predicted octanol–water partition coefficient (Wildman–Crippen LogP) is 3.27. The van der Waals surface area contributed by atoms with Crippen molar-refractivity contribution in [2.24, 2.45) is 5.73 Å². The van der Waals surface area contributed by atoms with E-state index in [1.807, 2.05) is 18.2 Å². The first-order valence-corrected chi connectivity index (χ1v) is 6.85. The second-order valence-electron chi connectivity index (χ2n) is 5.34. The lowest BCUT2D eigenvalue weighted by Gasteiger charge is -2.14. The van der Waals surface area contributed by atoms with Crippen molar-refractivity contribution < 1.29 is 9.47 Å². The number of benzene rings is 2. The fourth-order valence-electron chi connectivity index (χ4n) is 2.45. The van der Waals surface area contributed by atoms with Crippen LogP contribution in [0.15, 0.2) is 36.4 Å². The summed E-state index contributed by atoms with van der Waals surface area (Å²) in [5.74, 6) is 1.59. The predicted molar refractivity (Wildman–Crippen MR) is 79.1 cm³/mol. The average Bonchev–Trinajstić information content (AvgIpc) is 2.90. The Kier molecular flexibility index (Phi) is 3.36. The fraction of sp³-hybridized carbons (Fsp3) is 0.294. The van der Waals surface area contributed by atoms with Crippen LogP contribution in [0.1, 0.15) is 28.3 Å². The summed E-state index contributed by atoms with van der Waals surface area (Å²) in [6, 6.07) is 12.4. The van der Waals surface area contributed by atoms with E-state index in [2.05, 4.69) is 32.0 Å². The molecular weight excluding hydrogens is 250 g/mol. The molecule has 0 spiro atoms. The van der Waals surface area contributed by atoms with Crippen molar-refractivity contribution in [2.45, 2.75) is 26.3 Å². The Morgan fingerprint density at radius 3 is 2.60 bits per heavy atom. The third-order valence-electron chi connectivity index (χ3n) is 3.85. The quantitative estimate of drug-likeness (QED) is 0.930. The topological polar surface area (TPSA) is 44.5 Å². The standard InChI is InChI=1S/C17H19NO2/c1-11-3-4-13(7-12(11)2)8-15(18)14-5-6-16-17(9-14)20-10-19-16/h3-7,9,15H,8,10,18H2,1-2H3. The van der Waals surface area contributed by atoms with Gasteiger partial charge in [-0.3, -0.25) is 0 Å². The van der Waals surface area contributed by atoms with Gasteiger partial charge in [-0.05, 0) is 54.7 Å². The van der Waals surface area contributed by atoms with Gasteiger partial charge in [0.05, 0.1) is 0 Å². The smallest absolute Gasteiger partial charge is 0.231 e. The second kappa shape index (κ2) is 5.17. The van der Waals surface area contributed by atoms with E-state index in [0.29, 0.717) is 6.79 Å². The van der Waals surface area contributed by atoms with Gasteiger partial charge in [-0.2, -0.15) is 0 Å². The summed E-state index contributed by atoms with van der Waals surface area (Å²) in [6.45, 7) is 4.55. The number of ether oxygens (including phenoxy) is 2. The molecule has 0 radical (unpaired) electrons. The second-order valence-corrected chi connectivity index (χ2v) is 5.34. The van der Waals surface area contributed by atoms with Gasteiger partial charge in [-0.25, -0.2) is 0 Å². The van der Waals surface area contributed by atoms with Crippen molar-refractivity contribution in [1.29, 1.82) is 0 Å². The number of hydrogen-bond acceptors (Lipinski definition) is 3. The molecule has 1 aliphatic heterocycles. The summed E-state index contributed by atoms with van der Waals surface area (Å²) in [6.07, 6.45) is 0.820. The van der Waals surface area contributed by atoms with E-state index in [4.69, 9.17) is 15.2 Å². The van der Waals surface area contributed by atoms with Crippen LogP contribution in [-0.4, -0.2) is 6.79 Å². The number of nitrogens with two attached hydrogens (primary N) is 1. The largest absolute Gasteiger partial charge is 0.454 e. The Hall–Kier alpha value is -2.00. The Morgan fingerprint density at radius 1 is 1.00 bits per heavy atom. The summed E-state index contributed by atoms with van der Waals surface area (Å²) in [4.78, 5) is 0. The fourth-order valence-corrected chi connectivity index (χ4v) is 2.45. The van der Waals surface area contributed by atoms with Gasteiger partial charge in [-0.1, -0.05) is 24.3 Å². The van der Waals surface area contributed by atoms with Crippen LogP contribution >= 0.6 is 0 Å². The molecule has 0 amide bonds. The Balaban J connectivity index is 1.78. The summed E-state index contributed by atoms with van der Waals surface area (Å²) in [5, 5.41) is 0. The number of aryl methyl sites for hydroxylation is 2. The van der Waals surface area contributed by atoms with Gasteiger partial charge in [0.25, 0.3) is 0 Å². The first-order valence-electron chi connectivity index (χ1n) is 6.85. The zero-order valence-electron chi connectivity index (χ0n) is 11.8. The van der Waals surface area contributed by atoms with Crippen molar-refractivity contribution in [3.63, 3.8) is 0 Å². The lowest BCUT2D eigenvalue weighted by Crippen LogP contribution is -2.13. The van der Waals surface area contributed by atoms with Gasteiger partial charge in [0.2, 0.25) is 6.79 Å². The maximum absolute atomic E-state index is 6.31. The SMILES string of the molecule is Cc1ccc(CC(N)c2ccc3c(c2)OCO3)cc1C. The van der Waals surface area contributed by atoms with E-state index >= 15 is 0 Å². The number of hydrogen-bond donors (Lipinski definition) is 1. The van der Waals surface area contributed by atoms with E-state index in [9.17, 15) is 0 Å². The van der Waals surface area contributed by atoms with Gasteiger partial charge in [0.15, 0.2) is 11.5 Å². The average molecular weight is 269 g/mol. The first kappa shape index (κ1) is 13.0. The molecule has 3 heteroatoms. The maximum atomic E-state index is 6.31. The minimum atomic E-state index is -0.0355. The van der Waals surface area contributed by atoms with Crippen LogP contribution in [0.3, 0.4) is 0 Å². The first-order chi connectivity index (χ1) is 9.63. The summed E-state index contributed by atoms with van der Waals surface area (Å²) in [7, 11) is 0. The normalized spacial score (nSPS) is 14.3. The zero-order valence-corrected chi connectivity index (χ0v) is 11.8. The maximum Gasteiger partial charge on any atom is 0.231 e. The molecule has 3 rings (SSSR count). The molecule has 3 nitrogen and oxygen atoms in total. The van der Waals surface area contributed by atoms with Crippen molar-refractivity contribution in [3.05, 3.63) is 58.7 Å². The number of rotatable bonds is 3. The Labute approximate surface area is 119 Å². The molecule has 1 unspecified atom stereocenters. The Bertz CT molecular complexity index is 637. The van der Waals surface area contributed by atoms with Crippen molar-refractivity contribution >= 4 is 0 Å². The van der Waals surface area contributed by atoms with E-state index in [-0.39, 0.29) is 6.04 Å². The van der Waals surface area contributed by atoms with E-state index in [0.717, 1.165) is 23.5 Å². The molecule has 0 fully saturated rings. The van der Waals surface area contributed by atoms with Crippen molar-refractivity contribution in [2.75, 3.05) is 6.79 Å². The third kappa shape index (κ3) is 2.49. The minimum absolute atomic E-state index is 0.0355. The van der Waals surface area contributed by atoms with Crippen LogP contribution in [0.2, 0.25) is 0 Å². The van der Waals surface area contributed by atoms with Gasteiger partial charge in [-0.15, -0.1) is 0 Å². The molecule has 0 bridgehead atoms. The van der Waals surface area contributed by atoms with E-state index in [1.54, 1.807) is 0 Å². The highest BCUT2D eigenvalue weighted by atomic mass is 16.7. The molecule has 2 aromatic carbocycles. The number of fused-ring (bicyclic) bond motifs is 1. The van der Waals surface area contributed by atoms with Crippen LogP contribution < -0.4 is 15.2 Å². The van der Waals surface area contributed by atoms with Crippen LogP contribution in [0, 0.1) is 13.8 Å². The third-order valence-corrected chi connectivity index (χ3v) is 3.85. The van der Waals surface area contributed by atoms with Gasteiger partial charge in [0.1, 0.15) is 0 Å². The molecule has 0 saturated heterocycles. The van der Waals surface area contributed by atoms with Gasteiger partial charge < -0.3 is 15.2 Å². The zero-order chi connectivity index (χ0) is 14.1. The summed E-state index contributed by atoms with van der Waals surface area (Å²) in [5.41, 5.74) is 11.3. The van der Waals surface area contributed by atoms with Crippen LogP contribution in [-0.2, 0) is 6.42 Å². The van der Waals surface area contributed by atoms with Gasteiger partial charge >= 0.3 is 0 Å². The van der Waals surface area contributed by atoms with Crippen LogP contribution in [0.5, 0.6) is 11.5 Å². The molecule has 2 aromatic rings. The lowest BCUT2D eigenvalue weighted by atomic mass is 9.97. The van der Waals surface area contributed by atoms with E-state index in [1.165, 1.54) is 16.7 Å². The highest BCUT2D eigenvalue weighted by molar-refractivity contribution is 5.45. The minimum Gasteiger partial charge on any atom is -0.454 e. The molecular formula is C17H19NO2. The highest BCUT2D eigenvalue weighted by Gasteiger charge is 2.16. The van der Waals surface area contributed by atoms with Crippen molar-refractivity contribution in [3.8, 4) is 11.5 Å². The molecule has 104 valence electrons. The van der Waals surface area contributed by atoms with Crippen LogP contribution in [0.25, 0.3) is 0 Å². The summed E-state index contributed by atoms with van der Waals surface area (Å²) < 4.78 is 10.7. The molecule has 0 aliphatic carbocycles. The molecule has 20 heavy (non-hydrogen) atoms. The molecule has 0 saturated carbocycles. The molecule has 1 atom stereocenters. The molecule has 0 aromatic heterocycles. The molecule has 1 aliphatic rings. The van der Waals surface area contributed by atoms with E-state index < -0.39 is 0 Å². The van der Waals surface area contributed by atoms with Crippen LogP contribution in [0.4, 0.5) is 0 Å². The molecule has 1 heterocycles. The van der Waals surface area contributed by atoms with Gasteiger partial charge in [0, 0.05) is 6.04 Å². The Morgan fingerprint density at radius 2 is 1.80 bits per heavy atom. The molecule has 2 N–H and O–H groups in total.